The predicted molar refractivity (Wildman–Crippen MR) is 77.7 cm³/mol. The minimum Gasteiger partial charge on any atom is -0.310 e. The molecule has 1 unspecified atom stereocenters. The van der Waals surface area contributed by atoms with Crippen molar-refractivity contribution < 1.29 is 8.78 Å². The van der Waals surface area contributed by atoms with E-state index in [-0.39, 0.29) is 6.04 Å². The van der Waals surface area contributed by atoms with Gasteiger partial charge in [0.15, 0.2) is 0 Å². The van der Waals surface area contributed by atoms with Gasteiger partial charge in [0.2, 0.25) is 0 Å². The summed E-state index contributed by atoms with van der Waals surface area (Å²) >= 11 is 0. The second-order valence-corrected chi connectivity index (χ2v) is 5.00. The maximum absolute atomic E-state index is 13.4. The smallest absolute Gasteiger partial charge is 0.126 e. The van der Waals surface area contributed by atoms with Crippen LogP contribution >= 0.6 is 0 Å². The third-order valence-electron chi connectivity index (χ3n) is 3.30. The van der Waals surface area contributed by atoms with Gasteiger partial charge in [-0.3, -0.25) is 0 Å². The summed E-state index contributed by atoms with van der Waals surface area (Å²) in [7, 11) is 0. The van der Waals surface area contributed by atoms with Crippen molar-refractivity contribution >= 4 is 0 Å². The maximum atomic E-state index is 13.4. The van der Waals surface area contributed by atoms with Gasteiger partial charge in [-0.2, -0.15) is 0 Å². The standard InChI is InChI=1S/C17H19F2N/c1-3-20-17(8-13-6-4-12(2)5-7-13)14-9-15(18)11-16(19)10-14/h4-7,9-11,17,20H,3,8H2,1-2H3. The second kappa shape index (κ2) is 6.62. The SMILES string of the molecule is CCNC(Cc1ccc(C)cc1)c1cc(F)cc(F)c1. The second-order valence-electron chi connectivity index (χ2n) is 5.00. The molecule has 0 aliphatic carbocycles. The molecule has 0 amide bonds. The zero-order valence-corrected chi connectivity index (χ0v) is 11.8. The molecule has 0 heterocycles. The molecule has 0 spiro atoms. The monoisotopic (exact) mass is 275 g/mol. The van der Waals surface area contributed by atoms with E-state index in [1.807, 2.05) is 26.0 Å². The Kier molecular flexibility index (Phi) is 4.85. The molecule has 0 saturated carbocycles. The summed E-state index contributed by atoms with van der Waals surface area (Å²) < 4.78 is 26.7. The number of rotatable bonds is 5. The van der Waals surface area contributed by atoms with E-state index in [9.17, 15) is 8.78 Å². The number of likely N-dealkylation sites (N-methyl/N-ethyl adjacent to an activating group) is 1. The first-order chi connectivity index (χ1) is 9.58. The van der Waals surface area contributed by atoms with Crippen molar-refractivity contribution in [3.63, 3.8) is 0 Å². The number of benzene rings is 2. The van der Waals surface area contributed by atoms with Crippen LogP contribution in [0.25, 0.3) is 0 Å². The highest BCUT2D eigenvalue weighted by Gasteiger charge is 2.13. The highest BCUT2D eigenvalue weighted by molar-refractivity contribution is 5.27. The van der Waals surface area contributed by atoms with Crippen LogP contribution in [0.3, 0.4) is 0 Å². The maximum Gasteiger partial charge on any atom is 0.126 e. The van der Waals surface area contributed by atoms with E-state index < -0.39 is 11.6 Å². The van der Waals surface area contributed by atoms with Gasteiger partial charge in [0.1, 0.15) is 11.6 Å². The Morgan fingerprint density at radius 3 is 2.15 bits per heavy atom. The minimum atomic E-state index is -0.535. The third kappa shape index (κ3) is 3.87. The lowest BCUT2D eigenvalue weighted by Crippen LogP contribution is -2.23. The highest BCUT2D eigenvalue weighted by Crippen LogP contribution is 2.21. The topological polar surface area (TPSA) is 12.0 Å². The Morgan fingerprint density at radius 1 is 1.00 bits per heavy atom. The van der Waals surface area contributed by atoms with Crippen LogP contribution in [-0.2, 0) is 6.42 Å². The molecule has 0 radical (unpaired) electrons. The first-order valence-corrected chi connectivity index (χ1v) is 6.83. The fourth-order valence-electron chi connectivity index (χ4n) is 2.29. The summed E-state index contributed by atoms with van der Waals surface area (Å²) in [5.41, 5.74) is 2.99. The molecule has 0 fully saturated rings. The van der Waals surface area contributed by atoms with Crippen molar-refractivity contribution in [3.8, 4) is 0 Å². The van der Waals surface area contributed by atoms with Gasteiger partial charge < -0.3 is 5.32 Å². The summed E-state index contributed by atoms with van der Waals surface area (Å²) in [5.74, 6) is -1.07. The quantitative estimate of drug-likeness (QED) is 0.863. The zero-order valence-electron chi connectivity index (χ0n) is 11.8. The number of hydrogen-bond acceptors (Lipinski definition) is 1. The lowest BCUT2D eigenvalue weighted by atomic mass is 9.98. The molecule has 2 aromatic rings. The largest absolute Gasteiger partial charge is 0.310 e. The fourth-order valence-corrected chi connectivity index (χ4v) is 2.29. The molecule has 106 valence electrons. The van der Waals surface area contributed by atoms with Crippen LogP contribution in [0.15, 0.2) is 42.5 Å². The van der Waals surface area contributed by atoms with Crippen molar-refractivity contribution in [2.24, 2.45) is 0 Å². The molecular formula is C17H19F2N. The van der Waals surface area contributed by atoms with Crippen LogP contribution in [0, 0.1) is 18.6 Å². The molecule has 0 bridgehead atoms. The third-order valence-corrected chi connectivity index (χ3v) is 3.30. The molecule has 0 aliphatic rings. The first-order valence-electron chi connectivity index (χ1n) is 6.83. The van der Waals surface area contributed by atoms with E-state index in [4.69, 9.17) is 0 Å². The van der Waals surface area contributed by atoms with E-state index in [0.29, 0.717) is 12.0 Å². The van der Waals surface area contributed by atoms with Crippen molar-refractivity contribution in [1.82, 2.24) is 5.32 Å². The molecule has 1 atom stereocenters. The number of hydrogen-bond donors (Lipinski definition) is 1. The summed E-state index contributed by atoms with van der Waals surface area (Å²) in [6.45, 7) is 4.76. The van der Waals surface area contributed by atoms with Gasteiger partial charge in [0, 0.05) is 12.1 Å². The van der Waals surface area contributed by atoms with Gasteiger partial charge in [0.05, 0.1) is 0 Å². The normalized spacial score (nSPS) is 12.4. The number of halogens is 2. The lowest BCUT2D eigenvalue weighted by Gasteiger charge is -2.19. The van der Waals surface area contributed by atoms with Crippen LogP contribution < -0.4 is 5.32 Å². The lowest BCUT2D eigenvalue weighted by molar-refractivity contribution is 0.529. The number of aryl methyl sites for hydroxylation is 1. The molecule has 1 N–H and O–H groups in total. The van der Waals surface area contributed by atoms with Crippen molar-refractivity contribution in [3.05, 3.63) is 70.8 Å². The van der Waals surface area contributed by atoms with Gasteiger partial charge in [-0.15, -0.1) is 0 Å². The summed E-state index contributed by atoms with van der Waals surface area (Å²) in [6.07, 6.45) is 0.705. The molecule has 3 heteroatoms. The van der Waals surface area contributed by atoms with Gasteiger partial charge in [-0.05, 0) is 43.1 Å². The molecule has 0 aliphatic heterocycles. The molecule has 0 aromatic heterocycles. The Hall–Kier alpha value is -1.74. The van der Waals surface area contributed by atoms with Crippen molar-refractivity contribution in [2.45, 2.75) is 26.3 Å². The molecule has 2 rings (SSSR count). The molecular weight excluding hydrogens is 256 g/mol. The Bertz CT molecular complexity index is 543. The zero-order chi connectivity index (χ0) is 14.5. The van der Waals surface area contributed by atoms with E-state index in [1.165, 1.54) is 17.7 Å². The van der Waals surface area contributed by atoms with Crippen molar-refractivity contribution in [2.75, 3.05) is 6.54 Å². The molecule has 2 aromatic carbocycles. The predicted octanol–water partition coefficient (Wildman–Crippen LogP) is 4.17. The van der Waals surface area contributed by atoms with Crippen molar-refractivity contribution in [1.29, 1.82) is 0 Å². The molecule has 20 heavy (non-hydrogen) atoms. The number of nitrogens with one attached hydrogen (secondary N) is 1. The average Bonchev–Trinajstić information content (AvgIpc) is 2.39. The highest BCUT2D eigenvalue weighted by atomic mass is 19.1. The first kappa shape index (κ1) is 14.7. The summed E-state index contributed by atoms with van der Waals surface area (Å²) in [6, 6.07) is 11.8. The van der Waals surface area contributed by atoms with E-state index in [1.54, 1.807) is 0 Å². The van der Waals surface area contributed by atoms with E-state index in [0.717, 1.165) is 18.2 Å². The summed E-state index contributed by atoms with van der Waals surface area (Å²) in [5, 5.41) is 3.28. The van der Waals surface area contributed by atoms with Crippen LogP contribution in [0.5, 0.6) is 0 Å². The average molecular weight is 275 g/mol. The van der Waals surface area contributed by atoms with E-state index in [2.05, 4.69) is 17.4 Å². The Morgan fingerprint density at radius 2 is 1.60 bits per heavy atom. The van der Waals surface area contributed by atoms with Crippen LogP contribution in [0.2, 0.25) is 0 Å². The summed E-state index contributed by atoms with van der Waals surface area (Å²) in [4.78, 5) is 0. The van der Waals surface area contributed by atoms with Gasteiger partial charge >= 0.3 is 0 Å². The van der Waals surface area contributed by atoms with Gasteiger partial charge in [-0.1, -0.05) is 36.8 Å². The molecule has 1 nitrogen and oxygen atoms in total. The Labute approximate surface area is 118 Å². The van der Waals surface area contributed by atoms with Crippen LogP contribution in [0.1, 0.15) is 29.7 Å². The Balaban J connectivity index is 2.23. The molecule has 0 saturated heterocycles. The van der Waals surface area contributed by atoms with Crippen LogP contribution in [-0.4, -0.2) is 6.54 Å². The minimum absolute atomic E-state index is 0.0899. The van der Waals surface area contributed by atoms with Crippen LogP contribution in [0.4, 0.5) is 8.78 Å². The van der Waals surface area contributed by atoms with E-state index >= 15 is 0 Å². The van der Waals surface area contributed by atoms with Gasteiger partial charge in [0.25, 0.3) is 0 Å². The fraction of sp³-hybridized carbons (Fsp3) is 0.294. The van der Waals surface area contributed by atoms with Gasteiger partial charge in [-0.25, -0.2) is 8.78 Å².